The Bertz CT molecular complexity index is 372. The molecular formula is C24H47NO4. The summed E-state index contributed by atoms with van der Waals surface area (Å²) in [7, 11) is 0. The minimum Gasteiger partial charge on any atom is -0.478 e. The second-order valence-corrected chi connectivity index (χ2v) is 7.51. The number of rotatable bonds is 19. The van der Waals surface area contributed by atoms with E-state index in [9.17, 15) is 9.59 Å². The molecule has 0 heterocycles. The second-order valence-electron chi connectivity index (χ2n) is 7.51. The van der Waals surface area contributed by atoms with Crippen LogP contribution in [0.15, 0.2) is 12.7 Å². The lowest BCUT2D eigenvalue weighted by atomic mass is 10.0. The van der Waals surface area contributed by atoms with Gasteiger partial charge >= 0.3 is 12.1 Å². The average molecular weight is 414 g/mol. The van der Waals surface area contributed by atoms with E-state index in [1.54, 1.807) is 0 Å². The topological polar surface area (TPSA) is 75.6 Å². The first kappa shape index (κ1) is 29.7. The minimum absolute atomic E-state index is 0.279. The van der Waals surface area contributed by atoms with Crippen LogP contribution >= 0.6 is 0 Å². The Labute approximate surface area is 179 Å². The van der Waals surface area contributed by atoms with Crippen molar-refractivity contribution in [2.45, 2.75) is 117 Å². The fraction of sp³-hybridized carbons (Fsp3) is 0.833. The van der Waals surface area contributed by atoms with Gasteiger partial charge in [-0.2, -0.15) is 0 Å². The van der Waals surface area contributed by atoms with E-state index in [1.807, 2.05) is 6.92 Å². The number of carboxylic acid groups (broad SMARTS) is 1. The lowest BCUT2D eigenvalue weighted by Gasteiger charge is -2.05. The zero-order valence-corrected chi connectivity index (χ0v) is 19.2. The zero-order valence-electron chi connectivity index (χ0n) is 19.2. The number of alkyl carbamates (subject to hydrolysis) is 1. The highest BCUT2D eigenvalue weighted by molar-refractivity contribution is 5.78. The van der Waals surface area contributed by atoms with Crippen molar-refractivity contribution in [3.63, 3.8) is 0 Å². The summed E-state index contributed by atoms with van der Waals surface area (Å²) in [5.41, 5.74) is 0. The third kappa shape index (κ3) is 31.4. The first-order valence-electron chi connectivity index (χ1n) is 11.8. The number of hydrogen-bond donors (Lipinski definition) is 2. The predicted molar refractivity (Wildman–Crippen MR) is 122 cm³/mol. The van der Waals surface area contributed by atoms with Crippen LogP contribution < -0.4 is 5.32 Å². The molecule has 0 atom stereocenters. The Balaban J connectivity index is 0. The van der Waals surface area contributed by atoms with Crippen LogP contribution in [0.25, 0.3) is 0 Å². The fourth-order valence-corrected chi connectivity index (χ4v) is 3.01. The Hall–Kier alpha value is -1.52. The molecule has 0 unspecified atom stereocenters. The van der Waals surface area contributed by atoms with Gasteiger partial charge in [0.2, 0.25) is 0 Å². The number of nitrogens with one attached hydrogen (secondary N) is 1. The quantitative estimate of drug-likeness (QED) is 0.173. The van der Waals surface area contributed by atoms with Gasteiger partial charge in [0.1, 0.15) is 0 Å². The smallest absolute Gasteiger partial charge is 0.407 e. The summed E-state index contributed by atoms with van der Waals surface area (Å²) in [5.74, 6) is -0.981. The van der Waals surface area contributed by atoms with Crippen LogP contribution in [0.2, 0.25) is 0 Å². The van der Waals surface area contributed by atoms with Crippen LogP contribution in [0.4, 0.5) is 4.79 Å². The third-order valence-electron chi connectivity index (χ3n) is 4.73. The molecular weight excluding hydrogens is 366 g/mol. The number of carbonyl (C=O) groups excluding carboxylic acids is 1. The van der Waals surface area contributed by atoms with Gasteiger partial charge in [-0.15, -0.1) is 0 Å². The molecule has 5 heteroatoms. The summed E-state index contributed by atoms with van der Waals surface area (Å²) < 4.78 is 5.05. The molecule has 0 rings (SSSR count). The maximum absolute atomic E-state index is 11.1. The van der Waals surface area contributed by atoms with Crippen molar-refractivity contribution in [2.75, 3.05) is 13.2 Å². The Kier molecular flexibility index (Phi) is 27.1. The normalized spacial score (nSPS) is 10.0. The highest BCUT2D eigenvalue weighted by Crippen LogP contribution is 2.13. The molecule has 0 radical (unpaired) electrons. The summed E-state index contributed by atoms with van der Waals surface area (Å²) in [6.07, 6.45) is 22.4. The molecule has 0 aliphatic heterocycles. The number of hydrogen-bond acceptors (Lipinski definition) is 3. The molecule has 1 amide bonds. The van der Waals surface area contributed by atoms with Crippen LogP contribution in [0.5, 0.6) is 0 Å². The summed E-state index contributed by atoms with van der Waals surface area (Å²) in [5, 5.41) is 10.2. The van der Waals surface area contributed by atoms with E-state index >= 15 is 0 Å². The summed E-state index contributed by atoms with van der Waals surface area (Å²) >= 11 is 0. The van der Waals surface area contributed by atoms with E-state index in [1.165, 1.54) is 96.3 Å². The maximum Gasteiger partial charge on any atom is 0.407 e. The molecule has 0 aromatic carbocycles. The first-order valence-corrected chi connectivity index (χ1v) is 11.8. The van der Waals surface area contributed by atoms with Crippen LogP contribution in [0.3, 0.4) is 0 Å². The molecule has 0 fully saturated rings. The highest BCUT2D eigenvalue weighted by atomic mass is 16.5. The van der Waals surface area contributed by atoms with E-state index < -0.39 is 5.97 Å². The monoisotopic (exact) mass is 413 g/mol. The molecule has 5 nitrogen and oxygen atoms in total. The predicted octanol–water partition coefficient (Wildman–Crippen LogP) is 7.25. The number of unbranched alkanes of at least 4 members (excludes halogenated alkanes) is 15. The lowest BCUT2D eigenvalue weighted by Crippen LogP contribution is -2.23. The van der Waals surface area contributed by atoms with Gasteiger partial charge in [0.15, 0.2) is 0 Å². The molecule has 172 valence electrons. The van der Waals surface area contributed by atoms with Crippen LogP contribution in [-0.4, -0.2) is 30.3 Å². The molecule has 0 aromatic heterocycles. The second kappa shape index (κ2) is 26.5. The largest absolute Gasteiger partial charge is 0.478 e. The molecule has 0 aromatic rings. The molecule has 29 heavy (non-hydrogen) atoms. The Morgan fingerprint density at radius 2 is 1.10 bits per heavy atom. The Morgan fingerprint density at radius 3 is 1.41 bits per heavy atom. The van der Waals surface area contributed by atoms with E-state index in [-0.39, 0.29) is 6.09 Å². The van der Waals surface area contributed by atoms with Gasteiger partial charge in [0.05, 0.1) is 6.61 Å². The van der Waals surface area contributed by atoms with Gasteiger partial charge in [-0.1, -0.05) is 110 Å². The molecule has 2 N–H and O–H groups in total. The van der Waals surface area contributed by atoms with Gasteiger partial charge < -0.3 is 15.2 Å². The van der Waals surface area contributed by atoms with Gasteiger partial charge in [-0.05, 0) is 13.3 Å². The maximum atomic E-state index is 11.1. The molecule has 0 spiro atoms. The highest BCUT2D eigenvalue weighted by Gasteiger charge is 1.98. The van der Waals surface area contributed by atoms with Crippen molar-refractivity contribution in [1.29, 1.82) is 0 Å². The Morgan fingerprint density at radius 1 is 0.759 bits per heavy atom. The summed E-state index contributed by atoms with van der Waals surface area (Å²) in [4.78, 5) is 20.3. The first-order chi connectivity index (χ1) is 14.1. The average Bonchev–Trinajstić information content (AvgIpc) is 2.71. The van der Waals surface area contributed by atoms with Crippen LogP contribution in [0.1, 0.15) is 117 Å². The molecule has 0 bridgehead atoms. The zero-order chi connectivity index (χ0) is 22.0. The fourth-order valence-electron chi connectivity index (χ4n) is 3.01. The van der Waals surface area contributed by atoms with Gasteiger partial charge in [0, 0.05) is 12.6 Å². The SMILES string of the molecule is C=CC(=O)O.CCCCCCCCCCCCCCCCCCOC(=O)NCC. The number of carboxylic acids is 1. The van der Waals surface area contributed by atoms with E-state index in [2.05, 4.69) is 18.8 Å². The molecule has 0 saturated heterocycles. The van der Waals surface area contributed by atoms with Crippen LogP contribution in [0, 0.1) is 0 Å². The lowest BCUT2D eigenvalue weighted by molar-refractivity contribution is -0.131. The van der Waals surface area contributed by atoms with Gasteiger partial charge in [-0.3, -0.25) is 0 Å². The van der Waals surface area contributed by atoms with Crippen molar-refractivity contribution in [3.05, 3.63) is 12.7 Å². The van der Waals surface area contributed by atoms with Crippen molar-refractivity contribution < 1.29 is 19.4 Å². The number of aliphatic carboxylic acids is 1. The number of carbonyl (C=O) groups is 2. The van der Waals surface area contributed by atoms with E-state index in [0.29, 0.717) is 13.2 Å². The summed E-state index contributed by atoms with van der Waals surface area (Å²) in [6.45, 7) is 8.34. The number of ether oxygens (including phenoxy) is 1. The van der Waals surface area contributed by atoms with Gasteiger partial charge in [-0.25, -0.2) is 9.59 Å². The number of amides is 1. The van der Waals surface area contributed by atoms with Gasteiger partial charge in [0.25, 0.3) is 0 Å². The molecule has 0 aliphatic carbocycles. The summed E-state index contributed by atoms with van der Waals surface area (Å²) in [6, 6.07) is 0. The molecule has 0 saturated carbocycles. The standard InChI is InChI=1S/C21H43NO2.C3H4O2/c1-3-5-6-7-8-9-10-11-12-13-14-15-16-17-18-19-20-24-21(23)22-4-2;1-2-3(4)5/h3-20H2,1-2H3,(H,22,23);2H,1H2,(H,4,5). The third-order valence-corrected chi connectivity index (χ3v) is 4.73. The van der Waals surface area contributed by atoms with Crippen molar-refractivity contribution in [2.24, 2.45) is 0 Å². The van der Waals surface area contributed by atoms with Crippen molar-refractivity contribution >= 4 is 12.1 Å². The van der Waals surface area contributed by atoms with Crippen LogP contribution in [-0.2, 0) is 9.53 Å². The van der Waals surface area contributed by atoms with Crippen molar-refractivity contribution in [1.82, 2.24) is 5.32 Å². The minimum atomic E-state index is -0.981. The van der Waals surface area contributed by atoms with E-state index in [0.717, 1.165) is 12.5 Å². The molecule has 0 aliphatic rings. The van der Waals surface area contributed by atoms with Crippen molar-refractivity contribution in [3.8, 4) is 0 Å². The van der Waals surface area contributed by atoms with E-state index in [4.69, 9.17) is 9.84 Å².